The highest BCUT2D eigenvalue weighted by Gasteiger charge is 2.33. The monoisotopic (exact) mass is 283 g/mol. The van der Waals surface area contributed by atoms with E-state index in [9.17, 15) is 9.59 Å². The first-order valence-electron chi connectivity index (χ1n) is 7.62. The van der Waals surface area contributed by atoms with Gasteiger partial charge in [0, 0.05) is 13.0 Å². The molecule has 4 heteroatoms. The van der Waals surface area contributed by atoms with Crippen molar-refractivity contribution in [2.24, 2.45) is 11.3 Å². The molecule has 0 aromatic rings. The number of carbonyl (C=O) groups excluding carboxylic acids is 2. The molecule has 0 aromatic heterocycles. The van der Waals surface area contributed by atoms with Crippen molar-refractivity contribution in [1.29, 1.82) is 0 Å². The molecule has 4 nitrogen and oxygen atoms in total. The van der Waals surface area contributed by atoms with E-state index in [-0.39, 0.29) is 23.3 Å². The summed E-state index contributed by atoms with van der Waals surface area (Å²) < 4.78 is 4.82. The van der Waals surface area contributed by atoms with Crippen LogP contribution in [0.3, 0.4) is 0 Å². The van der Waals surface area contributed by atoms with Gasteiger partial charge in [-0.25, -0.2) is 4.79 Å². The lowest BCUT2D eigenvalue weighted by Gasteiger charge is -2.35. The average Bonchev–Trinajstić information content (AvgIpc) is 2.35. The maximum atomic E-state index is 12.4. The van der Waals surface area contributed by atoms with Crippen LogP contribution in [0, 0.1) is 11.3 Å². The molecule has 1 aliphatic rings. The number of piperidine rings is 1. The smallest absolute Gasteiger partial charge is 0.328 e. The van der Waals surface area contributed by atoms with E-state index in [4.69, 9.17) is 4.74 Å². The van der Waals surface area contributed by atoms with Gasteiger partial charge in [0.15, 0.2) is 0 Å². The summed E-state index contributed by atoms with van der Waals surface area (Å²) in [7, 11) is 1.39. The number of hydrogen-bond acceptors (Lipinski definition) is 3. The largest absolute Gasteiger partial charge is 0.467 e. The van der Waals surface area contributed by atoms with Gasteiger partial charge in [-0.3, -0.25) is 4.79 Å². The molecule has 0 saturated carbocycles. The Morgan fingerprint density at radius 1 is 1.30 bits per heavy atom. The fraction of sp³-hybridized carbons (Fsp3) is 0.875. The van der Waals surface area contributed by atoms with Gasteiger partial charge in [0.25, 0.3) is 0 Å². The lowest BCUT2D eigenvalue weighted by Crippen LogP contribution is -2.48. The summed E-state index contributed by atoms with van der Waals surface area (Å²) in [5, 5.41) is 0. The van der Waals surface area contributed by atoms with Crippen molar-refractivity contribution in [3.05, 3.63) is 0 Å². The fourth-order valence-corrected chi connectivity index (χ4v) is 3.14. The van der Waals surface area contributed by atoms with Crippen LogP contribution in [-0.2, 0) is 14.3 Å². The van der Waals surface area contributed by atoms with Crippen molar-refractivity contribution in [3.8, 4) is 0 Å². The van der Waals surface area contributed by atoms with Crippen LogP contribution < -0.4 is 0 Å². The van der Waals surface area contributed by atoms with Crippen LogP contribution in [0.15, 0.2) is 0 Å². The Kier molecular flexibility index (Phi) is 6.03. The van der Waals surface area contributed by atoms with E-state index >= 15 is 0 Å². The van der Waals surface area contributed by atoms with Gasteiger partial charge >= 0.3 is 5.97 Å². The Hall–Kier alpha value is -1.06. The third kappa shape index (κ3) is 5.14. The Morgan fingerprint density at radius 3 is 2.50 bits per heavy atom. The Labute approximate surface area is 122 Å². The molecule has 1 unspecified atom stereocenters. The van der Waals surface area contributed by atoms with Gasteiger partial charge in [-0.1, -0.05) is 27.7 Å². The van der Waals surface area contributed by atoms with Crippen LogP contribution in [0.5, 0.6) is 0 Å². The van der Waals surface area contributed by atoms with Gasteiger partial charge in [-0.05, 0) is 37.0 Å². The highest BCUT2D eigenvalue weighted by molar-refractivity contribution is 5.84. The average molecular weight is 283 g/mol. The van der Waals surface area contributed by atoms with Crippen LogP contribution in [0.1, 0.15) is 59.8 Å². The molecule has 0 aromatic carbocycles. The van der Waals surface area contributed by atoms with Crippen molar-refractivity contribution < 1.29 is 14.3 Å². The summed E-state index contributed by atoms with van der Waals surface area (Å²) in [5.41, 5.74) is 0.226. The topological polar surface area (TPSA) is 46.6 Å². The lowest BCUT2D eigenvalue weighted by atomic mass is 9.84. The molecule has 116 valence electrons. The lowest BCUT2D eigenvalue weighted by molar-refractivity contribution is -0.155. The molecule has 20 heavy (non-hydrogen) atoms. The molecule has 1 amide bonds. The van der Waals surface area contributed by atoms with Crippen molar-refractivity contribution in [2.75, 3.05) is 13.7 Å². The minimum atomic E-state index is -0.372. The van der Waals surface area contributed by atoms with E-state index in [1.54, 1.807) is 4.90 Å². The van der Waals surface area contributed by atoms with Gasteiger partial charge in [0.1, 0.15) is 6.04 Å². The van der Waals surface area contributed by atoms with Gasteiger partial charge < -0.3 is 9.64 Å². The molecule has 1 fully saturated rings. The zero-order valence-corrected chi connectivity index (χ0v) is 13.6. The van der Waals surface area contributed by atoms with E-state index in [0.29, 0.717) is 18.9 Å². The van der Waals surface area contributed by atoms with E-state index in [1.807, 2.05) is 0 Å². The fourth-order valence-electron chi connectivity index (χ4n) is 3.14. The predicted octanol–water partition coefficient (Wildman–Crippen LogP) is 3.00. The van der Waals surface area contributed by atoms with E-state index in [2.05, 4.69) is 27.7 Å². The highest BCUT2D eigenvalue weighted by atomic mass is 16.5. The molecule has 0 bridgehead atoms. The van der Waals surface area contributed by atoms with Crippen LogP contribution in [0.2, 0.25) is 0 Å². The zero-order valence-electron chi connectivity index (χ0n) is 13.6. The number of nitrogens with zero attached hydrogens (tertiary/aromatic N) is 1. The molecule has 1 saturated heterocycles. The van der Waals surface area contributed by atoms with Crippen molar-refractivity contribution in [2.45, 2.75) is 65.8 Å². The third-order valence-electron chi connectivity index (χ3n) is 3.78. The second kappa shape index (κ2) is 7.09. The minimum Gasteiger partial charge on any atom is -0.467 e. The molecule has 1 heterocycles. The highest BCUT2D eigenvalue weighted by Crippen LogP contribution is 2.27. The van der Waals surface area contributed by atoms with Crippen molar-refractivity contribution >= 4 is 11.9 Å². The molecular weight excluding hydrogens is 254 g/mol. The summed E-state index contributed by atoms with van der Waals surface area (Å²) >= 11 is 0. The van der Waals surface area contributed by atoms with Crippen molar-refractivity contribution in [3.63, 3.8) is 0 Å². The van der Waals surface area contributed by atoms with Gasteiger partial charge in [-0.2, -0.15) is 0 Å². The van der Waals surface area contributed by atoms with Gasteiger partial charge in [0.05, 0.1) is 7.11 Å². The molecular formula is C16H29NO3. The second-order valence-electron chi connectivity index (χ2n) is 7.20. The molecule has 1 rings (SSSR count). The SMILES string of the molecule is COC(=O)[C@H]1CCCCN1C(=O)CC(C)CC(C)(C)C. The van der Waals surface area contributed by atoms with Crippen molar-refractivity contribution in [1.82, 2.24) is 4.90 Å². The number of likely N-dealkylation sites (tertiary alicyclic amines) is 1. The summed E-state index contributed by atoms with van der Waals surface area (Å²) in [6, 6.07) is -0.372. The molecule has 2 atom stereocenters. The Bertz CT molecular complexity index is 346. The molecule has 0 radical (unpaired) electrons. The maximum absolute atomic E-state index is 12.4. The molecule has 0 aliphatic carbocycles. The number of esters is 1. The first kappa shape index (κ1) is 17.0. The van der Waals surface area contributed by atoms with Gasteiger partial charge in [-0.15, -0.1) is 0 Å². The Balaban J connectivity index is 2.61. The molecule has 0 N–H and O–H groups in total. The second-order valence-corrected chi connectivity index (χ2v) is 7.20. The standard InChI is InChI=1S/C16H29NO3/c1-12(11-16(2,3)4)10-14(18)17-9-7-6-8-13(17)15(19)20-5/h12-13H,6-11H2,1-5H3/t12?,13-/m1/s1. The van der Waals surface area contributed by atoms with E-state index < -0.39 is 0 Å². The van der Waals surface area contributed by atoms with E-state index in [1.165, 1.54) is 7.11 Å². The summed E-state index contributed by atoms with van der Waals surface area (Å²) in [5.74, 6) is 0.154. The number of carbonyl (C=O) groups is 2. The number of ether oxygens (including phenoxy) is 1. The Morgan fingerprint density at radius 2 is 1.95 bits per heavy atom. The zero-order chi connectivity index (χ0) is 15.3. The number of amides is 1. The predicted molar refractivity (Wildman–Crippen MR) is 79.2 cm³/mol. The number of methoxy groups -OCH3 is 1. The number of rotatable bonds is 4. The van der Waals surface area contributed by atoms with Crippen LogP contribution in [-0.4, -0.2) is 36.5 Å². The first-order valence-corrected chi connectivity index (χ1v) is 7.62. The van der Waals surface area contributed by atoms with Crippen LogP contribution >= 0.6 is 0 Å². The maximum Gasteiger partial charge on any atom is 0.328 e. The normalized spacial score (nSPS) is 21.4. The number of hydrogen-bond donors (Lipinski definition) is 0. The first-order chi connectivity index (χ1) is 9.24. The quantitative estimate of drug-likeness (QED) is 0.745. The third-order valence-corrected chi connectivity index (χ3v) is 3.78. The van der Waals surface area contributed by atoms with Crippen LogP contribution in [0.4, 0.5) is 0 Å². The molecule has 1 aliphatic heterocycles. The summed E-state index contributed by atoms with van der Waals surface area (Å²) in [6.07, 6.45) is 4.22. The molecule has 0 spiro atoms. The van der Waals surface area contributed by atoms with Crippen LogP contribution in [0.25, 0.3) is 0 Å². The minimum absolute atomic E-state index is 0.0943. The summed E-state index contributed by atoms with van der Waals surface area (Å²) in [4.78, 5) is 26.0. The van der Waals surface area contributed by atoms with Gasteiger partial charge in [0.2, 0.25) is 5.91 Å². The van der Waals surface area contributed by atoms with E-state index in [0.717, 1.165) is 25.7 Å². The summed E-state index contributed by atoms with van der Waals surface area (Å²) in [6.45, 7) is 9.35.